The van der Waals surface area contributed by atoms with Gasteiger partial charge < -0.3 is 10.1 Å². The highest BCUT2D eigenvalue weighted by atomic mass is 19.4. The van der Waals surface area contributed by atoms with Crippen molar-refractivity contribution in [1.82, 2.24) is 10.2 Å². The van der Waals surface area contributed by atoms with E-state index in [4.69, 9.17) is 4.74 Å². The van der Waals surface area contributed by atoms with E-state index in [-0.39, 0.29) is 17.4 Å². The number of likely N-dealkylation sites (tertiary alicyclic amines) is 1. The van der Waals surface area contributed by atoms with Crippen LogP contribution >= 0.6 is 0 Å². The number of amides is 2. The predicted molar refractivity (Wildman–Crippen MR) is 99.5 cm³/mol. The summed E-state index contributed by atoms with van der Waals surface area (Å²) in [4.78, 5) is 16.1. The molecule has 1 atom stereocenters. The molecule has 0 radical (unpaired) electrons. The normalized spacial score (nSPS) is 24.5. The molecule has 1 aromatic carbocycles. The Morgan fingerprint density at radius 1 is 1.25 bits per heavy atom. The Bertz CT molecular complexity index is 719. The van der Waals surface area contributed by atoms with Gasteiger partial charge in [-0.2, -0.15) is 13.2 Å². The molecule has 2 saturated heterocycles. The second-order valence-corrected chi connectivity index (χ2v) is 8.19. The second-order valence-electron chi connectivity index (χ2n) is 8.19. The molecule has 3 heterocycles. The second kappa shape index (κ2) is 7.55. The number of halogens is 3. The summed E-state index contributed by atoms with van der Waals surface area (Å²) in [5.74, 6) is 0.0567. The maximum absolute atomic E-state index is 12.9. The first-order valence-electron chi connectivity index (χ1n) is 9.88. The van der Waals surface area contributed by atoms with E-state index in [1.807, 2.05) is 18.2 Å². The number of para-hydroxylation sites is 1. The van der Waals surface area contributed by atoms with Gasteiger partial charge in [0.05, 0.1) is 6.54 Å². The lowest BCUT2D eigenvalue weighted by atomic mass is 9.76. The van der Waals surface area contributed by atoms with Crippen molar-refractivity contribution in [1.29, 1.82) is 0 Å². The van der Waals surface area contributed by atoms with E-state index in [1.165, 1.54) is 10.5 Å². The topological polar surface area (TPSA) is 44.8 Å². The zero-order valence-corrected chi connectivity index (χ0v) is 15.8. The van der Waals surface area contributed by atoms with Gasteiger partial charge in [-0.3, -0.25) is 9.80 Å². The fraction of sp³-hybridized carbons (Fsp3) is 0.650. The number of hydrogen-bond acceptors (Lipinski definition) is 3. The van der Waals surface area contributed by atoms with Gasteiger partial charge in [-0.1, -0.05) is 18.2 Å². The standard InChI is InChI=1S/C20H26F3N3O2/c21-20(22,23)14-25-8-5-15(12-25)11-24-18(27)26-13-19(6-9-28-10-7-19)16-3-1-2-4-17(16)26/h1-4,15H,5-14H2,(H,24,27). The van der Waals surface area contributed by atoms with Gasteiger partial charge >= 0.3 is 12.2 Å². The molecule has 0 aliphatic carbocycles. The lowest BCUT2D eigenvalue weighted by Gasteiger charge is -2.34. The van der Waals surface area contributed by atoms with Crippen LogP contribution in [0.4, 0.5) is 23.7 Å². The van der Waals surface area contributed by atoms with Crippen molar-refractivity contribution in [2.75, 3.05) is 50.8 Å². The van der Waals surface area contributed by atoms with Gasteiger partial charge in [0.15, 0.2) is 0 Å². The molecular formula is C20H26F3N3O2. The number of alkyl halides is 3. The molecule has 3 aliphatic rings. The summed E-state index contributed by atoms with van der Waals surface area (Å²) in [6.45, 7) is 2.35. The number of ether oxygens (including phenoxy) is 1. The average molecular weight is 397 g/mol. The molecule has 154 valence electrons. The summed E-state index contributed by atoms with van der Waals surface area (Å²) in [6.07, 6.45) is -1.71. The first-order valence-corrected chi connectivity index (χ1v) is 9.88. The molecule has 1 spiro atoms. The fourth-order valence-electron chi connectivity index (χ4n) is 4.80. The van der Waals surface area contributed by atoms with Crippen LogP contribution in [-0.2, 0) is 10.2 Å². The SMILES string of the molecule is O=C(NCC1CCN(CC(F)(F)F)C1)N1CC2(CCOCC2)c2ccccc21. The van der Waals surface area contributed by atoms with Crippen LogP contribution in [0.15, 0.2) is 24.3 Å². The summed E-state index contributed by atoms with van der Waals surface area (Å²) in [6, 6.07) is 7.85. The van der Waals surface area contributed by atoms with Crippen LogP contribution < -0.4 is 10.2 Å². The number of rotatable bonds is 3. The number of carbonyl (C=O) groups excluding carboxylic acids is 1. The van der Waals surface area contributed by atoms with Crippen molar-refractivity contribution < 1.29 is 22.7 Å². The number of urea groups is 1. The molecular weight excluding hydrogens is 371 g/mol. The quantitative estimate of drug-likeness (QED) is 0.852. The Balaban J connectivity index is 1.37. The highest BCUT2D eigenvalue weighted by Gasteiger charge is 2.45. The minimum absolute atomic E-state index is 0.0525. The summed E-state index contributed by atoms with van der Waals surface area (Å²) in [5, 5.41) is 2.96. The lowest BCUT2D eigenvalue weighted by Crippen LogP contribution is -2.45. The van der Waals surface area contributed by atoms with Crippen molar-refractivity contribution in [3.8, 4) is 0 Å². The summed E-state index contributed by atoms with van der Waals surface area (Å²) in [5.41, 5.74) is 2.08. The predicted octanol–water partition coefficient (Wildman–Crippen LogP) is 3.15. The largest absolute Gasteiger partial charge is 0.401 e. The van der Waals surface area contributed by atoms with Gasteiger partial charge in [0.25, 0.3) is 0 Å². The number of hydrogen-bond donors (Lipinski definition) is 1. The third kappa shape index (κ3) is 3.98. The van der Waals surface area contributed by atoms with Crippen LogP contribution in [0, 0.1) is 5.92 Å². The highest BCUT2D eigenvalue weighted by molar-refractivity contribution is 5.95. The van der Waals surface area contributed by atoms with Gasteiger partial charge in [0, 0.05) is 44.0 Å². The number of nitrogens with one attached hydrogen (secondary N) is 1. The third-order valence-electron chi connectivity index (χ3n) is 6.24. The van der Waals surface area contributed by atoms with Gasteiger partial charge in [-0.15, -0.1) is 0 Å². The van der Waals surface area contributed by atoms with Crippen LogP contribution in [-0.4, -0.2) is 63.0 Å². The molecule has 1 N–H and O–H groups in total. The smallest absolute Gasteiger partial charge is 0.381 e. The third-order valence-corrected chi connectivity index (χ3v) is 6.24. The van der Waals surface area contributed by atoms with E-state index in [9.17, 15) is 18.0 Å². The monoisotopic (exact) mass is 397 g/mol. The van der Waals surface area contributed by atoms with Crippen LogP contribution in [0.3, 0.4) is 0 Å². The number of fused-ring (bicyclic) bond motifs is 2. The van der Waals surface area contributed by atoms with E-state index in [0.29, 0.717) is 45.8 Å². The number of benzene rings is 1. The summed E-state index contributed by atoms with van der Waals surface area (Å²) >= 11 is 0. The molecule has 4 rings (SSSR count). The Labute approximate surface area is 162 Å². The first-order chi connectivity index (χ1) is 13.4. The molecule has 2 amide bonds. The number of carbonyl (C=O) groups is 1. The Hall–Kier alpha value is -1.80. The molecule has 1 unspecified atom stereocenters. The minimum atomic E-state index is -4.17. The highest BCUT2D eigenvalue weighted by Crippen LogP contribution is 2.46. The number of nitrogens with zero attached hydrogens (tertiary/aromatic N) is 2. The van der Waals surface area contributed by atoms with Gasteiger partial charge in [-0.25, -0.2) is 4.79 Å². The van der Waals surface area contributed by atoms with E-state index >= 15 is 0 Å². The lowest BCUT2D eigenvalue weighted by molar-refractivity contribution is -0.143. The average Bonchev–Trinajstić information content (AvgIpc) is 3.22. The van der Waals surface area contributed by atoms with Crippen LogP contribution in [0.2, 0.25) is 0 Å². The van der Waals surface area contributed by atoms with Crippen LogP contribution in [0.5, 0.6) is 0 Å². The maximum Gasteiger partial charge on any atom is 0.401 e. The van der Waals surface area contributed by atoms with Gasteiger partial charge in [0.2, 0.25) is 0 Å². The summed E-state index contributed by atoms with van der Waals surface area (Å²) in [7, 11) is 0. The van der Waals surface area contributed by atoms with E-state index < -0.39 is 12.7 Å². The molecule has 0 bridgehead atoms. The molecule has 28 heavy (non-hydrogen) atoms. The van der Waals surface area contributed by atoms with Crippen LogP contribution in [0.25, 0.3) is 0 Å². The molecule has 0 saturated carbocycles. The first kappa shape index (κ1) is 19.5. The fourth-order valence-corrected chi connectivity index (χ4v) is 4.80. The molecule has 8 heteroatoms. The Kier molecular flexibility index (Phi) is 5.26. The van der Waals surface area contributed by atoms with Crippen molar-refractivity contribution in [3.63, 3.8) is 0 Å². The molecule has 1 aromatic rings. The zero-order valence-electron chi connectivity index (χ0n) is 15.8. The maximum atomic E-state index is 12.9. The molecule has 2 fully saturated rings. The van der Waals surface area contributed by atoms with Crippen molar-refractivity contribution >= 4 is 11.7 Å². The Morgan fingerprint density at radius 3 is 2.75 bits per heavy atom. The summed E-state index contributed by atoms with van der Waals surface area (Å²) < 4.78 is 43.1. The molecule has 3 aliphatic heterocycles. The van der Waals surface area contributed by atoms with Gasteiger partial charge in [0.1, 0.15) is 0 Å². The van der Waals surface area contributed by atoms with E-state index in [0.717, 1.165) is 18.5 Å². The number of anilines is 1. The van der Waals surface area contributed by atoms with Crippen LogP contribution in [0.1, 0.15) is 24.8 Å². The van der Waals surface area contributed by atoms with Crippen molar-refractivity contribution in [2.24, 2.45) is 5.92 Å². The molecule has 5 nitrogen and oxygen atoms in total. The Morgan fingerprint density at radius 2 is 2.00 bits per heavy atom. The van der Waals surface area contributed by atoms with E-state index in [2.05, 4.69) is 11.4 Å². The zero-order chi connectivity index (χ0) is 19.8. The van der Waals surface area contributed by atoms with Crippen molar-refractivity contribution in [3.05, 3.63) is 29.8 Å². The van der Waals surface area contributed by atoms with E-state index in [1.54, 1.807) is 4.90 Å². The minimum Gasteiger partial charge on any atom is -0.381 e. The molecule has 0 aromatic heterocycles. The van der Waals surface area contributed by atoms with Crippen molar-refractivity contribution in [2.45, 2.75) is 30.9 Å². The van der Waals surface area contributed by atoms with Gasteiger partial charge in [-0.05, 0) is 43.4 Å².